The lowest BCUT2D eigenvalue weighted by Gasteiger charge is -2.33. The number of hydrogen-bond acceptors (Lipinski definition) is 3. The first-order valence-corrected chi connectivity index (χ1v) is 9.09. The molecule has 4 heteroatoms. The fraction of sp³-hybridized carbons (Fsp3) is 0.800. The number of rotatable bonds is 5. The molecule has 0 bridgehead atoms. The first kappa shape index (κ1) is 14.6. The first-order valence-electron chi connectivity index (χ1n) is 7.44. The molecule has 0 amide bonds. The van der Waals surface area contributed by atoms with Gasteiger partial charge < -0.3 is 0 Å². The van der Waals surface area contributed by atoms with Crippen LogP contribution in [-0.4, -0.2) is 14.2 Å². The molecule has 0 radical (unpaired) electrons. The van der Waals surface area contributed by atoms with Gasteiger partial charge in [0.15, 0.2) is 9.84 Å². The van der Waals surface area contributed by atoms with E-state index in [0.717, 1.165) is 25.2 Å². The third kappa shape index (κ3) is 3.82. The number of nitrogens with zero attached hydrogens (tertiary/aromatic N) is 1. The van der Waals surface area contributed by atoms with E-state index in [2.05, 4.69) is 12.1 Å². The lowest BCUT2D eigenvalue weighted by Crippen LogP contribution is -2.24. The van der Waals surface area contributed by atoms with Gasteiger partial charge in [0.25, 0.3) is 0 Å². The van der Waals surface area contributed by atoms with Crippen LogP contribution in [0.5, 0.6) is 0 Å². The monoisotopic (exact) mass is 281 g/mol. The molecule has 2 unspecified atom stereocenters. The summed E-state index contributed by atoms with van der Waals surface area (Å²) in [6.45, 7) is 0. The third-order valence-electron chi connectivity index (χ3n) is 4.48. The molecule has 0 heterocycles. The average Bonchev–Trinajstić information content (AvgIpc) is 2.43. The lowest BCUT2D eigenvalue weighted by atomic mass is 9.74. The van der Waals surface area contributed by atoms with E-state index in [4.69, 9.17) is 5.26 Å². The Morgan fingerprint density at radius 1 is 1.21 bits per heavy atom. The van der Waals surface area contributed by atoms with Gasteiger partial charge in [0.2, 0.25) is 0 Å². The summed E-state index contributed by atoms with van der Waals surface area (Å²) in [5.41, 5.74) is 0. The summed E-state index contributed by atoms with van der Waals surface area (Å²) in [7, 11) is -3.06. The van der Waals surface area contributed by atoms with Crippen LogP contribution in [0.25, 0.3) is 0 Å². The fourth-order valence-corrected chi connectivity index (χ4v) is 5.01. The van der Waals surface area contributed by atoms with E-state index >= 15 is 0 Å². The molecule has 0 aromatic heterocycles. The van der Waals surface area contributed by atoms with E-state index in [0.29, 0.717) is 30.1 Å². The van der Waals surface area contributed by atoms with Crippen molar-refractivity contribution < 1.29 is 8.42 Å². The van der Waals surface area contributed by atoms with Crippen molar-refractivity contribution in [3.63, 3.8) is 0 Å². The maximum Gasteiger partial charge on any atom is 0.174 e. The minimum Gasteiger partial charge on any atom is -0.224 e. The molecule has 0 aromatic rings. The predicted octanol–water partition coefficient (Wildman–Crippen LogP) is 3.58. The maximum atomic E-state index is 12.3. The minimum absolute atomic E-state index is 0.220. The van der Waals surface area contributed by atoms with Crippen molar-refractivity contribution in [1.82, 2.24) is 0 Å². The van der Waals surface area contributed by atoms with Crippen LogP contribution in [0.1, 0.15) is 57.8 Å². The highest BCUT2D eigenvalue weighted by Gasteiger charge is 2.30. The molecule has 0 aromatic carbocycles. The molecule has 2 rings (SSSR count). The molecule has 1 fully saturated rings. The average molecular weight is 281 g/mol. The third-order valence-corrected chi connectivity index (χ3v) is 6.45. The smallest absolute Gasteiger partial charge is 0.174 e. The van der Waals surface area contributed by atoms with E-state index in [-0.39, 0.29) is 5.75 Å². The van der Waals surface area contributed by atoms with Gasteiger partial charge >= 0.3 is 0 Å². The van der Waals surface area contributed by atoms with Crippen LogP contribution in [-0.2, 0) is 9.84 Å². The molecule has 0 N–H and O–H groups in total. The van der Waals surface area contributed by atoms with E-state index < -0.39 is 9.84 Å². The second-order valence-corrected chi connectivity index (χ2v) is 7.98. The van der Waals surface area contributed by atoms with Crippen LogP contribution in [0.4, 0.5) is 0 Å². The van der Waals surface area contributed by atoms with Gasteiger partial charge in [0.1, 0.15) is 0 Å². The van der Waals surface area contributed by atoms with Gasteiger partial charge in [0.05, 0.1) is 11.8 Å². The van der Waals surface area contributed by atoms with Crippen LogP contribution >= 0.6 is 0 Å². The predicted molar refractivity (Wildman–Crippen MR) is 76.0 cm³/mol. The topological polar surface area (TPSA) is 57.9 Å². The molecule has 2 atom stereocenters. The van der Waals surface area contributed by atoms with Crippen molar-refractivity contribution in [2.24, 2.45) is 11.8 Å². The Morgan fingerprint density at radius 2 is 2.00 bits per heavy atom. The van der Waals surface area contributed by atoms with Crippen molar-refractivity contribution in [2.45, 2.75) is 57.8 Å². The van der Waals surface area contributed by atoms with E-state index in [1.54, 1.807) is 0 Å². The Balaban J connectivity index is 1.96. The van der Waals surface area contributed by atoms with Gasteiger partial charge in [-0.15, -0.1) is 0 Å². The van der Waals surface area contributed by atoms with Crippen molar-refractivity contribution >= 4 is 9.84 Å². The summed E-state index contributed by atoms with van der Waals surface area (Å²) in [6.07, 6.45) is 10.6. The van der Waals surface area contributed by atoms with Gasteiger partial charge in [-0.3, -0.25) is 0 Å². The Morgan fingerprint density at radius 3 is 2.79 bits per heavy atom. The largest absolute Gasteiger partial charge is 0.224 e. The van der Waals surface area contributed by atoms with Crippen molar-refractivity contribution in [3.05, 3.63) is 11.0 Å². The van der Waals surface area contributed by atoms with Gasteiger partial charge in [-0.1, -0.05) is 18.9 Å². The highest BCUT2D eigenvalue weighted by atomic mass is 32.2. The molecule has 2 aliphatic rings. The summed E-state index contributed by atoms with van der Waals surface area (Å²) in [5.74, 6) is 1.45. The number of sulfone groups is 1. The molecular weight excluding hydrogens is 258 g/mol. The zero-order valence-corrected chi connectivity index (χ0v) is 12.3. The highest BCUT2D eigenvalue weighted by molar-refractivity contribution is 7.95. The second-order valence-electron chi connectivity index (χ2n) is 5.81. The Bertz CT molecular complexity index is 473. The minimum atomic E-state index is -3.06. The molecule has 0 spiro atoms. The summed E-state index contributed by atoms with van der Waals surface area (Å²) in [5, 5.41) is 8.46. The SMILES string of the molecule is N#CCCCCS(=O)(=O)C1=CC2CCCCC2CC1. The van der Waals surface area contributed by atoms with Crippen LogP contribution in [0.15, 0.2) is 11.0 Å². The zero-order chi connectivity index (χ0) is 13.7. The van der Waals surface area contributed by atoms with Crippen molar-refractivity contribution in [1.29, 1.82) is 5.26 Å². The molecule has 2 aliphatic carbocycles. The number of unbranched alkanes of at least 4 members (excludes halogenated alkanes) is 2. The zero-order valence-electron chi connectivity index (χ0n) is 11.5. The summed E-state index contributed by atoms with van der Waals surface area (Å²) >= 11 is 0. The van der Waals surface area contributed by atoms with E-state index in [9.17, 15) is 8.42 Å². The van der Waals surface area contributed by atoms with Crippen LogP contribution in [0, 0.1) is 23.2 Å². The first-order chi connectivity index (χ1) is 9.13. The van der Waals surface area contributed by atoms with Crippen molar-refractivity contribution in [3.8, 4) is 6.07 Å². The number of fused-ring (bicyclic) bond motifs is 1. The number of hydrogen-bond donors (Lipinski definition) is 0. The summed E-state index contributed by atoms with van der Waals surface area (Å²) < 4.78 is 24.5. The van der Waals surface area contributed by atoms with Gasteiger partial charge in [-0.2, -0.15) is 5.26 Å². The van der Waals surface area contributed by atoms with Gasteiger partial charge in [-0.25, -0.2) is 8.42 Å². The van der Waals surface area contributed by atoms with E-state index in [1.165, 1.54) is 19.3 Å². The van der Waals surface area contributed by atoms with E-state index in [1.807, 2.05) is 0 Å². The summed E-state index contributed by atoms with van der Waals surface area (Å²) in [6, 6.07) is 2.06. The molecule has 0 saturated heterocycles. The molecular formula is C15H23NO2S. The molecule has 19 heavy (non-hydrogen) atoms. The fourth-order valence-electron chi connectivity index (χ4n) is 3.35. The lowest BCUT2D eigenvalue weighted by molar-refractivity contribution is 0.258. The Labute approximate surface area is 116 Å². The normalized spacial score (nSPS) is 27.2. The quantitative estimate of drug-likeness (QED) is 0.724. The van der Waals surface area contributed by atoms with Crippen LogP contribution in [0.2, 0.25) is 0 Å². The van der Waals surface area contributed by atoms with Crippen molar-refractivity contribution in [2.75, 3.05) is 5.75 Å². The number of allylic oxidation sites excluding steroid dienone is 2. The molecule has 106 valence electrons. The van der Waals surface area contributed by atoms with Gasteiger partial charge in [0, 0.05) is 11.3 Å². The van der Waals surface area contributed by atoms with Crippen LogP contribution in [0.3, 0.4) is 0 Å². The Hall–Kier alpha value is -0.820. The molecule has 3 nitrogen and oxygen atoms in total. The molecule has 1 saturated carbocycles. The maximum absolute atomic E-state index is 12.3. The standard InChI is InChI=1S/C15H23NO2S/c16-10-4-1-5-11-19(17,18)15-9-8-13-6-2-3-7-14(13)12-15/h12-14H,1-9,11H2. The highest BCUT2D eigenvalue weighted by Crippen LogP contribution is 2.40. The Kier molecular flexibility index (Phi) is 5.04. The number of nitriles is 1. The molecule has 0 aliphatic heterocycles. The second kappa shape index (κ2) is 6.56. The van der Waals surface area contributed by atoms with Gasteiger partial charge in [-0.05, 0) is 50.4 Å². The van der Waals surface area contributed by atoms with Crippen LogP contribution < -0.4 is 0 Å². The summed E-state index contributed by atoms with van der Waals surface area (Å²) in [4.78, 5) is 0.688.